The number of rotatable bonds is 5. The van der Waals surface area contributed by atoms with Gasteiger partial charge in [0, 0.05) is 22.5 Å². The van der Waals surface area contributed by atoms with Gasteiger partial charge in [-0.25, -0.2) is 22.2 Å². The van der Waals surface area contributed by atoms with Crippen LogP contribution in [0.5, 0.6) is 0 Å². The van der Waals surface area contributed by atoms with Gasteiger partial charge in [-0.1, -0.05) is 41.4 Å². The van der Waals surface area contributed by atoms with E-state index in [-0.39, 0.29) is 49.1 Å². The number of hydrogen-bond acceptors (Lipinski definition) is 4. The molecule has 0 aliphatic heterocycles. The van der Waals surface area contributed by atoms with Gasteiger partial charge in [0.1, 0.15) is 5.69 Å². The van der Waals surface area contributed by atoms with E-state index in [4.69, 9.17) is 23.2 Å². The minimum atomic E-state index is -4.81. The van der Waals surface area contributed by atoms with E-state index < -0.39 is 33.5 Å². The van der Waals surface area contributed by atoms with Gasteiger partial charge in [0.2, 0.25) is 0 Å². The normalized spacial score (nSPS) is 12.3. The zero-order chi connectivity index (χ0) is 25.7. The molecular weight excluding hydrogens is 528 g/mol. The molecule has 0 saturated carbocycles. The van der Waals surface area contributed by atoms with Gasteiger partial charge in [0.25, 0.3) is 10.0 Å². The highest BCUT2D eigenvalue weighted by molar-refractivity contribution is 7.90. The fourth-order valence-corrected chi connectivity index (χ4v) is 5.79. The molecule has 0 aliphatic rings. The number of halogens is 5. The van der Waals surface area contributed by atoms with Crippen molar-refractivity contribution < 1.29 is 31.5 Å². The highest BCUT2D eigenvalue weighted by atomic mass is 35.5. The molecule has 0 radical (unpaired) electrons. The minimum absolute atomic E-state index is 0.00474. The monoisotopic (exact) mass is 542 g/mol. The molecule has 0 spiro atoms. The predicted molar refractivity (Wildman–Crippen MR) is 125 cm³/mol. The summed E-state index contributed by atoms with van der Waals surface area (Å²) in [7, 11) is -4.42. The summed E-state index contributed by atoms with van der Waals surface area (Å²) >= 11 is 12.5. The molecule has 2 aromatic heterocycles. The van der Waals surface area contributed by atoms with Crippen LogP contribution in [0.3, 0.4) is 0 Å². The molecule has 6 nitrogen and oxygen atoms in total. The molecule has 1 N–H and O–H groups in total. The lowest BCUT2D eigenvalue weighted by Gasteiger charge is -2.14. The third-order valence-corrected chi connectivity index (χ3v) is 7.90. The van der Waals surface area contributed by atoms with Crippen LogP contribution in [0.15, 0.2) is 59.5 Å². The van der Waals surface area contributed by atoms with Crippen LogP contribution in [-0.2, 0) is 22.6 Å². The van der Waals surface area contributed by atoms with Crippen LogP contribution in [-0.4, -0.2) is 28.5 Å². The van der Waals surface area contributed by atoms with E-state index in [9.17, 15) is 31.5 Å². The van der Waals surface area contributed by atoms with Crippen molar-refractivity contribution in [1.29, 1.82) is 0 Å². The average Bonchev–Trinajstić information content (AvgIpc) is 3.16. The van der Waals surface area contributed by atoms with Crippen LogP contribution in [0.25, 0.3) is 11.0 Å². The van der Waals surface area contributed by atoms with Gasteiger partial charge < -0.3 is 5.11 Å². The lowest BCUT2D eigenvalue weighted by molar-refractivity contribution is -0.141. The molecule has 4 aromatic rings. The zero-order valence-corrected chi connectivity index (χ0v) is 20.1. The second-order valence-electron chi connectivity index (χ2n) is 7.65. The molecule has 0 fully saturated rings. The summed E-state index contributed by atoms with van der Waals surface area (Å²) in [5.41, 5.74) is -1.66. The number of aryl methyl sites for hydroxylation is 1. The van der Waals surface area contributed by atoms with Gasteiger partial charge in [0.15, 0.2) is 5.65 Å². The largest absolute Gasteiger partial charge is 0.478 e. The maximum Gasteiger partial charge on any atom is 0.433 e. The number of fused-ring (bicyclic) bond motifs is 1. The molecule has 35 heavy (non-hydrogen) atoms. The van der Waals surface area contributed by atoms with Crippen LogP contribution >= 0.6 is 23.2 Å². The van der Waals surface area contributed by atoms with Gasteiger partial charge in [0.05, 0.1) is 15.5 Å². The van der Waals surface area contributed by atoms with E-state index in [1.54, 1.807) is 6.07 Å². The number of hydrogen-bond donors (Lipinski definition) is 1. The molecule has 0 atom stereocenters. The van der Waals surface area contributed by atoms with Gasteiger partial charge in [-0.2, -0.15) is 13.2 Å². The van der Waals surface area contributed by atoms with Crippen molar-refractivity contribution in [2.45, 2.75) is 24.4 Å². The first-order valence-corrected chi connectivity index (χ1v) is 12.1. The van der Waals surface area contributed by atoms with Gasteiger partial charge in [-0.05, 0) is 54.4 Å². The van der Waals surface area contributed by atoms with Crippen molar-refractivity contribution in [3.63, 3.8) is 0 Å². The maximum atomic E-state index is 13.6. The molecule has 2 heterocycles. The fraction of sp³-hybridized carbons (Fsp3) is 0.130. The Kier molecular flexibility index (Phi) is 6.33. The first kappa shape index (κ1) is 25.0. The van der Waals surface area contributed by atoms with E-state index in [1.165, 1.54) is 49.4 Å². The van der Waals surface area contributed by atoms with E-state index in [2.05, 4.69) is 4.98 Å². The minimum Gasteiger partial charge on any atom is -0.478 e. The number of carbonyl (C=O) groups is 1. The highest BCUT2D eigenvalue weighted by Crippen LogP contribution is 2.36. The Hall–Kier alpha value is -3.08. The second-order valence-corrected chi connectivity index (χ2v) is 10.2. The Morgan fingerprint density at radius 3 is 2.34 bits per heavy atom. The molecule has 0 aliphatic carbocycles. The molecule has 0 bridgehead atoms. The molecule has 12 heteroatoms. The van der Waals surface area contributed by atoms with Crippen LogP contribution in [0, 0.1) is 6.92 Å². The molecule has 4 rings (SSSR count). The summed E-state index contributed by atoms with van der Waals surface area (Å²) in [6.07, 6.45) is -5.10. The molecular formula is C23H15Cl2F3N2O4S. The average molecular weight is 543 g/mol. The van der Waals surface area contributed by atoms with Crippen molar-refractivity contribution >= 4 is 50.2 Å². The Balaban J connectivity index is 2.06. The summed E-state index contributed by atoms with van der Waals surface area (Å²) in [5.74, 6) is -1.32. The zero-order valence-electron chi connectivity index (χ0n) is 17.8. The predicted octanol–water partition coefficient (Wildman–Crippen LogP) is 6.20. The summed E-state index contributed by atoms with van der Waals surface area (Å²) < 4.78 is 68.5. The molecule has 182 valence electrons. The second kappa shape index (κ2) is 8.85. The lowest BCUT2D eigenvalue weighted by atomic mass is 10.1. The Morgan fingerprint density at radius 1 is 1.09 bits per heavy atom. The number of aromatic carboxylic acids is 1. The fourth-order valence-electron chi connectivity index (χ4n) is 3.70. The highest BCUT2D eigenvalue weighted by Gasteiger charge is 2.35. The van der Waals surface area contributed by atoms with Gasteiger partial charge >= 0.3 is 12.1 Å². The van der Waals surface area contributed by atoms with E-state index in [0.29, 0.717) is 0 Å². The summed E-state index contributed by atoms with van der Waals surface area (Å²) in [6, 6.07) is 11.9. The molecule has 0 amide bonds. The van der Waals surface area contributed by atoms with Crippen LogP contribution < -0.4 is 0 Å². The molecule has 2 aromatic carbocycles. The van der Waals surface area contributed by atoms with Crippen molar-refractivity contribution in [2.75, 3.05) is 0 Å². The Labute approximate surface area is 207 Å². The first-order valence-electron chi connectivity index (χ1n) is 9.92. The van der Waals surface area contributed by atoms with Crippen LogP contribution in [0.4, 0.5) is 13.2 Å². The Morgan fingerprint density at radius 2 is 1.74 bits per heavy atom. The first-order chi connectivity index (χ1) is 16.3. The number of benzene rings is 2. The van der Waals surface area contributed by atoms with Gasteiger partial charge in [-0.3, -0.25) is 0 Å². The van der Waals surface area contributed by atoms with Gasteiger partial charge in [-0.15, -0.1) is 0 Å². The van der Waals surface area contributed by atoms with E-state index in [0.717, 1.165) is 10.0 Å². The number of aromatic nitrogens is 2. The quantitative estimate of drug-likeness (QED) is 0.324. The van der Waals surface area contributed by atoms with E-state index in [1.807, 2.05) is 0 Å². The number of pyridine rings is 1. The van der Waals surface area contributed by atoms with Crippen molar-refractivity contribution in [3.05, 3.63) is 92.7 Å². The summed E-state index contributed by atoms with van der Waals surface area (Å²) in [5, 5.41) is 9.42. The lowest BCUT2D eigenvalue weighted by Crippen LogP contribution is -2.18. The van der Waals surface area contributed by atoms with Crippen molar-refractivity contribution in [3.8, 4) is 0 Å². The van der Waals surface area contributed by atoms with Crippen molar-refractivity contribution in [1.82, 2.24) is 8.96 Å². The van der Waals surface area contributed by atoms with E-state index >= 15 is 0 Å². The number of nitrogens with zero attached hydrogens (tertiary/aromatic N) is 2. The van der Waals surface area contributed by atoms with Crippen LogP contribution in [0.2, 0.25) is 10.0 Å². The van der Waals surface area contributed by atoms with Crippen LogP contribution in [0.1, 0.15) is 32.9 Å². The molecule has 0 saturated heterocycles. The SMILES string of the molecule is Cc1cc(C(F)(F)F)nc2c1cc(Cc1c(Cl)ccc(C(=O)O)c1Cl)n2S(=O)(=O)c1ccccc1. The smallest absolute Gasteiger partial charge is 0.433 e. The Bertz CT molecular complexity index is 1580. The maximum absolute atomic E-state index is 13.6. The third-order valence-electron chi connectivity index (χ3n) is 5.36. The number of carboxylic acids is 1. The number of alkyl halides is 3. The summed E-state index contributed by atoms with van der Waals surface area (Å²) in [4.78, 5) is 15.0. The topological polar surface area (TPSA) is 89.3 Å². The number of carboxylic acid groups (broad SMARTS) is 1. The molecule has 0 unspecified atom stereocenters. The van der Waals surface area contributed by atoms with Crippen molar-refractivity contribution in [2.24, 2.45) is 0 Å². The third kappa shape index (κ3) is 4.49. The summed E-state index contributed by atoms with van der Waals surface area (Å²) in [6.45, 7) is 1.41. The standard InChI is InChI=1S/C23H15Cl2F3N2O4S/c1-12-9-19(23(26,27)28)29-21-16(12)10-13(30(21)35(33,34)14-5-3-2-4-6-14)11-17-18(24)8-7-15(20(17)25)22(31)32/h2-10H,11H2,1H3,(H,31,32).